The Morgan fingerprint density at radius 2 is 1.89 bits per heavy atom. The van der Waals surface area contributed by atoms with Crippen molar-refractivity contribution in [3.63, 3.8) is 0 Å². The highest BCUT2D eigenvalue weighted by Crippen LogP contribution is 2.21. The van der Waals surface area contributed by atoms with E-state index in [0.717, 1.165) is 17.6 Å². The smallest absolute Gasteiger partial charge is 0.128 e. The minimum atomic E-state index is -0.181. The Morgan fingerprint density at radius 3 is 2.39 bits per heavy atom. The van der Waals surface area contributed by atoms with Crippen molar-refractivity contribution in [3.05, 3.63) is 34.1 Å². The molecule has 2 unspecified atom stereocenters. The van der Waals surface area contributed by atoms with Gasteiger partial charge in [0.15, 0.2) is 0 Å². The number of benzene rings is 1. The number of hydrogen-bond acceptors (Lipinski definition) is 3. The molecule has 100 valence electrons. The van der Waals surface area contributed by atoms with E-state index < -0.39 is 0 Å². The Kier molecular flexibility index (Phi) is 4.72. The molecule has 3 nitrogen and oxygen atoms in total. The average Bonchev–Trinajstić information content (AvgIpc) is 2.75. The summed E-state index contributed by atoms with van der Waals surface area (Å²) in [5, 5.41) is 0. The number of methoxy groups -OCH3 is 2. The maximum absolute atomic E-state index is 13.7. The van der Waals surface area contributed by atoms with Gasteiger partial charge < -0.3 is 9.47 Å². The zero-order valence-corrected chi connectivity index (χ0v) is 12.1. The first-order valence-corrected chi connectivity index (χ1v) is 6.65. The summed E-state index contributed by atoms with van der Waals surface area (Å²) in [5.74, 6) is -0.181. The van der Waals surface area contributed by atoms with Crippen molar-refractivity contribution >= 4 is 15.9 Å². The van der Waals surface area contributed by atoms with Gasteiger partial charge in [-0.1, -0.05) is 22.0 Å². The third-order valence-corrected chi connectivity index (χ3v) is 3.80. The molecule has 0 bridgehead atoms. The summed E-state index contributed by atoms with van der Waals surface area (Å²) >= 11 is 3.26. The summed E-state index contributed by atoms with van der Waals surface area (Å²) in [4.78, 5) is 2.15. The second kappa shape index (κ2) is 6.10. The quantitative estimate of drug-likeness (QED) is 0.851. The van der Waals surface area contributed by atoms with Crippen molar-refractivity contribution in [2.75, 3.05) is 27.3 Å². The number of nitrogens with zero attached hydrogens (tertiary/aromatic N) is 1. The van der Waals surface area contributed by atoms with Gasteiger partial charge in [-0.25, -0.2) is 4.39 Å². The molecule has 0 aliphatic carbocycles. The van der Waals surface area contributed by atoms with Crippen LogP contribution in [0.25, 0.3) is 0 Å². The molecule has 1 aromatic carbocycles. The van der Waals surface area contributed by atoms with Crippen LogP contribution < -0.4 is 0 Å². The number of halogens is 2. The Balaban J connectivity index is 2.02. The minimum Gasteiger partial charge on any atom is -0.377 e. The molecule has 1 aliphatic rings. The van der Waals surface area contributed by atoms with Crippen molar-refractivity contribution in [2.24, 2.45) is 0 Å². The second-order valence-electron chi connectivity index (χ2n) is 4.48. The first-order chi connectivity index (χ1) is 8.63. The Labute approximate surface area is 115 Å². The molecular formula is C13H17BrFNO2. The molecule has 1 heterocycles. The molecule has 0 N–H and O–H groups in total. The molecule has 5 heteroatoms. The van der Waals surface area contributed by atoms with Gasteiger partial charge in [0.25, 0.3) is 0 Å². The zero-order valence-electron chi connectivity index (χ0n) is 10.5. The van der Waals surface area contributed by atoms with Crippen molar-refractivity contribution in [1.29, 1.82) is 0 Å². The SMILES string of the molecule is COC1CN(Cc2ccc(Br)cc2F)CC1OC. The monoisotopic (exact) mass is 317 g/mol. The van der Waals surface area contributed by atoms with Crippen LogP contribution in [-0.2, 0) is 16.0 Å². The summed E-state index contributed by atoms with van der Waals surface area (Å²) in [5.41, 5.74) is 0.699. The van der Waals surface area contributed by atoms with E-state index in [4.69, 9.17) is 9.47 Å². The van der Waals surface area contributed by atoms with Crippen LogP contribution in [0, 0.1) is 5.82 Å². The van der Waals surface area contributed by atoms with Gasteiger partial charge in [0.2, 0.25) is 0 Å². The highest BCUT2D eigenvalue weighted by Gasteiger charge is 2.32. The number of hydrogen-bond donors (Lipinski definition) is 0. The molecule has 0 aromatic heterocycles. The molecule has 0 radical (unpaired) electrons. The second-order valence-corrected chi connectivity index (χ2v) is 5.39. The van der Waals surface area contributed by atoms with Gasteiger partial charge in [-0.2, -0.15) is 0 Å². The predicted octanol–water partition coefficient (Wildman–Crippen LogP) is 2.43. The van der Waals surface area contributed by atoms with Crippen LogP contribution in [0.5, 0.6) is 0 Å². The fraction of sp³-hybridized carbons (Fsp3) is 0.538. The Bertz CT molecular complexity index is 404. The third kappa shape index (κ3) is 3.09. The molecule has 1 aliphatic heterocycles. The average molecular weight is 318 g/mol. The van der Waals surface area contributed by atoms with Crippen LogP contribution in [0.15, 0.2) is 22.7 Å². The Hall–Kier alpha value is -0.490. The summed E-state index contributed by atoms with van der Waals surface area (Å²) in [7, 11) is 3.36. The fourth-order valence-electron chi connectivity index (χ4n) is 2.29. The van der Waals surface area contributed by atoms with Crippen LogP contribution in [0.4, 0.5) is 4.39 Å². The standard InChI is InChI=1S/C13H17BrFNO2/c1-17-12-7-16(8-13(12)18-2)6-9-3-4-10(14)5-11(9)15/h3-5,12-13H,6-8H2,1-2H3. The molecule has 2 rings (SSSR count). The van der Waals surface area contributed by atoms with Gasteiger partial charge in [-0.3, -0.25) is 4.90 Å². The number of ether oxygens (including phenoxy) is 2. The van der Waals surface area contributed by atoms with E-state index in [1.165, 1.54) is 6.07 Å². The van der Waals surface area contributed by atoms with Crippen LogP contribution in [0.1, 0.15) is 5.56 Å². The molecule has 0 amide bonds. The maximum atomic E-state index is 13.7. The summed E-state index contributed by atoms with van der Waals surface area (Å²) in [6.45, 7) is 2.12. The van der Waals surface area contributed by atoms with Gasteiger partial charge in [-0.05, 0) is 12.1 Å². The maximum Gasteiger partial charge on any atom is 0.128 e. The van der Waals surface area contributed by atoms with E-state index in [1.807, 2.05) is 6.07 Å². The van der Waals surface area contributed by atoms with E-state index in [2.05, 4.69) is 20.8 Å². The van der Waals surface area contributed by atoms with E-state index >= 15 is 0 Å². The molecule has 18 heavy (non-hydrogen) atoms. The third-order valence-electron chi connectivity index (χ3n) is 3.31. The van der Waals surface area contributed by atoms with E-state index in [0.29, 0.717) is 12.1 Å². The zero-order chi connectivity index (χ0) is 13.1. The van der Waals surface area contributed by atoms with Gasteiger partial charge >= 0.3 is 0 Å². The lowest BCUT2D eigenvalue weighted by atomic mass is 10.2. The number of rotatable bonds is 4. The van der Waals surface area contributed by atoms with Gasteiger partial charge in [0.1, 0.15) is 5.82 Å². The highest BCUT2D eigenvalue weighted by molar-refractivity contribution is 9.10. The van der Waals surface area contributed by atoms with Crippen molar-refractivity contribution in [3.8, 4) is 0 Å². The van der Waals surface area contributed by atoms with E-state index in [9.17, 15) is 4.39 Å². The highest BCUT2D eigenvalue weighted by atomic mass is 79.9. The molecule has 0 spiro atoms. The largest absolute Gasteiger partial charge is 0.377 e. The first kappa shape index (κ1) is 13.9. The molecule has 1 aromatic rings. The van der Waals surface area contributed by atoms with Crippen molar-refractivity contribution in [2.45, 2.75) is 18.8 Å². The van der Waals surface area contributed by atoms with Gasteiger partial charge in [-0.15, -0.1) is 0 Å². The molecular weight excluding hydrogens is 301 g/mol. The van der Waals surface area contributed by atoms with Gasteiger partial charge in [0, 0.05) is 43.9 Å². The lowest BCUT2D eigenvalue weighted by Gasteiger charge is -2.15. The van der Waals surface area contributed by atoms with Gasteiger partial charge in [0.05, 0.1) is 12.2 Å². The molecule has 0 saturated carbocycles. The Morgan fingerprint density at radius 1 is 1.28 bits per heavy atom. The normalized spacial score (nSPS) is 24.7. The summed E-state index contributed by atoms with van der Waals surface area (Å²) < 4.78 is 25.2. The van der Waals surface area contributed by atoms with Crippen molar-refractivity contribution in [1.82, 2.24) is 4.90 Å². The predicted molar refractivity (Wildman–Crippen MR) is 71.0 cm³/mol. The molecule has 2 atom stereocenters. The first-order valence-electron chi connectivity index (χ1n) is 5.86. The minimum absolute atomic E-state index is 0.0634. The van der Waals surface area contributed by atoms with E-state index in [-0.39, 0.29) is 18.0 Å². The number of likely N-dealkylation sites (tertiary alicyclic amines) is 1. The van der Waals surface area contributed by atoms with E-state index in [1.54, 1.807) is 20.3 Å². The fourth-order valence-corrected chi connectivity index (χ4v) is 2.62. The summed E-state index contributed by atoms with van der Waals surface area (Å²) in [6, 6.07) is 5.16. The van der Waals surface area contributed by atoms with Crippen molar-refractivity contribution < 1.29 is 13.9 Å². The van der Waals surface area contributed by atoms with Crippen LogP contribution in [0.2, 0.25) is 0 Å². The summed E-state index contributed by atoms with van der Waals surface area (Å²) in [6.07, 6.45) is 0.127. The lowest BCUT2D eigenvalue weighted by molar-refractivity contribution is -0.00461. The molecule has 1 fully saturated rings. The lowest BCUT2D eigenvalue weighted by Crippen LogP contribution is -2.27. The molecule has 1 saturated heterocycles. The topological polar surface area (TPSA) is 21.7 Å². The van der Waals surface area contributed by atoms with Crippen LogP contribution >= 0.6 is 15.9 Å². The van der Waals surface area contributed by atoms with Crippen LogP contribution in [-0.4, -0.2) is 44.4 Å². The van der Waals surface area contributed by atoms with Crippen LogP contribution in [0.3, 0.4) is 0 Å².